The minimum atomic E-state index is -0.0513. The maximum atomic E-state index is 10.1. The van der Waals surface area contributed by atoms with E-state index in [-0.39, 0.29) is 30.7 Å². The van der Waals surface area contributed by atoms with Gasteiger partial charge >= 0.3 is 0 Å². The SMILES string of the molecule is Cc1ccc(CNc2nc(O)c(/C=C3\C=Nc4ncccc43)[nH]2)cc1.Cl.Cl. The number of allylic oxidation sites excluding steroid dienone is 1. The van der Waals surface area contributed by atoms with Crippen molar-refractivity contribution in [2.45, 2.75) is 13.5 Å². The fraction of sp³-hybridized carbons (Fsp3) is 0.105. The van der Waals surface area contributed by atoms with Gasteiger partial charge in [0.25, 0.3) is 0 Å². The first kappa shape index (κ1) is 20.5. The number of hydrogen-bond donors (Lipinski definition) is 3. The van der Waals surface area contributed by atoms with Crippen LogP contribution in [-0.4, -0.2) is 26.3 Å². The van der Waals surface area contributed by atoms with Crippen LogP contribution in [0.2, 0.25) is 0 Å². The van der Waals surface area contributed by atoms with Crippen molar-refractivity contribution in [3.8, 4) is 5.88 Å². The Balaban J connectivity index is 0.00000131. The largest absolute Gasteiger partial charge is 0.492 e. The van der Waals surface area contributed by atoms with E-state index in [0.29, 0.717) is 24.0 Å². The van der Waals surface area contributed by atoms with Gasteiger partial charge in [-0.15, -0.1) is 24.8 Å². The summed E-state index contributed by atoms with van der Waals surface area (Å²) in [5, 5.41) is 13.3. The highest BCUT2D eigenvalue weighted by atomic mass is 35.5. The molecule has 8 heteroatoms. The van der Waals surface area contributed by atoms with Crippen molar-refractivity contribution in [2.24, 2.45) is 4.99 Å². The molecular formula is C19H19Cl2N5O. The first-order valence-electron chi connectivity index (χ1n) is 7.98. The summed E-state index contributed by atoms with van der Waals surface area (Å²) in [5.41, 5.74) is 4.72. The van der Waals surface area contributed by atoms with Crippen LogP contribution < -0.4 is 5.32 Å². The van der Waals surface area contributed by atoms with Crippen LogP contribution in [0.25, 0.3) is 11.6 Å². The van der Waals surface area contributed by atoms with E-state index in [1.165, 1.54) is 5.56 Å². The molecule has 0 radical (unpaired) electrons. The van der Waals surface area contributed by atoms with E-state index >= 15 is 0 Å². The van der Waals surface area contributed by atoms with Gasteiger partial charge in [-0.1, -0.05) is 29.8 Å². The van der Waals surface area contributed by atoms with Crippen molar-refractivity contribution >= 4 is 54.4 Å². The molecule has 0 unspecified atom stereocenters. The molecule has 4 rings (SSSR count). The molecule has 1 aliphatic heterocycles. The van der Waals surface area contributed by atoms with Gasteiger partial charge in [-0.3, -0.25) is 0 Å². The molecule has 1 aromatic carbocycles. The fourth-order valence-corrected chi connectivity index (χ4v) is 2.65. The number of aliphatic imine (C=N–C) groups is 1. The fourth-order valence-electron chi connectivity index (χ4n) is 2.65. The summed E-state index contributed by atoms with van der Waals surface area (Å²) in [5.74, 6) is 1.15. The highest BCUT2D eigenvalue weighted by Gasteiger charge is 2.14. The number of hydrogen-bond acceptors (Lipinski definition) is 5. The zero-order valence-corrected chi connectivity index (χ0v) is 16.1. The van der Waals surface area contributed by atoms with Gasteiger partial charge in [-0.2, -0.15) is 4.98 Å². The standard InChI is InChI=1S/C19H17N5O.2ClH/c1-12-4-6-13(7-5-12)10-22-19-23-16(18(25)24-19)9-14-11-21-17-15(14)3-2-8-20-17;;/h2-9,11,25H,10H2,1H3,(H2,22,23,24);2*1H/b14-9+;;. The van der Waals surface area contributed by atoms with Crippen LogP contribution in [0.1, 0.15) is 22.4 Å². The van der Waals surface area contributed by atoms with E-state index in [1.807, 2.05) is 18.2 Å². The summed E-state index contributed by atoms with van der Waals surface area (Å²) in [6.45, 7) is 2.68. The van der Waals surface area contributed by atoms with Gasteiger partial charge in [0.2, 0.25) is 11.8 Å². The number of H-pyrrole nitrogens is 1. The van der Waals surface area contributed by atoms with Crippen LogP contribution in [-0.2, 0) is 6.54 Å². The molecule has 27 heavy (non-hydrogen) atoms. The Morgan fingerprint density at radius 1 is 1.15 bits per heavy atom. The number of halogens is 2. The second-order valence-electron chi connectivity index (χ2n) is 5.89. The van der Waals surface area contributed by atoms with E-state index in [4.69, 9.17) is 0 Å². The van der Waals surface area contributed by atoms with E-state index in [2.05, 4.69) is 56.5 Å². The normalized spacial score (nSPS) is 13.0. The number of anilines is 1. The lowest BCUT2D eigenvalue weighted by Crippen LogP contribution is -2.00. The molecule has 140 valence electrons. The van der Waals surface area contributed by atoms with E-state index in [9.17, 15) is 5.11 Å². The Bertz CT molecular complexity index is 980. The zero-order valence-electron chi connectivity index (χ0n) is 14.5. The number of benzene rings is 1. The average Bonchev–Trinajstić information content (AvgIpc) is 3.19. The maximum Gasteiger partial charge on any atom is 0.238 e. The zero-order chi connectivity index (χ0) is 17.2. The lowest BCUT2D eigenvalue weighted by Gasteiger charge is -2.03. The molecule has 0 saturated carbocycles. The number of nitrogens with zero attached hydrogens (tertiary/aromatic N) is 3. The lowest BCUT2D eigenvalue weighted by molar-refractivity contribution is 0.455. The smallest absolute Gasteiger partial charge is 0.238 e. The number of rotatable bonds is 4. The molecular weight excluding hydrogens is 385 g/mol. The molecule has 0 fully saturated rings. The van der Waals surface area contributed by atoms with Crippen molar-refractivity contribution < 1.29 is 5.11 Å². The second kappa shape index (κ2) is 8.70. The third-order valence-corrected chi connectivity index (χ3v) is 4.02. The van der Waals surface area contributed by atoms with Gasteiger partial charge in [0.1, 0.15) is 5.69 Å². The van der Waals surface area contributed by atoms with Crippen LogP contribution in [0.5, 0.6) is 5.88 Å². The first-order chi connectivity index (χ1) is 12.2. The molecule has 1 aliphatic rings. The number of imidazole rings is 1. The lowest BCUT2D eigenvalue weighted by atomic mass is 10.1. The summed E-state index contributed by atoms with van der Waals surface area (Å²) in [7, 11) is 0. The summed E-state index contributed by atoms with van der Waals surface area (Å²) < 4.78 is 0. The predicted octanol–water partition coefficient (Wildman–Crippen LogP) is 4.53. The Morgan fingerprint density at radius 3 is 2.70 bits per heavy atom. The number of aromatic nitrogens is 3. The van der Waals surface area contributed by atoms with Gasteiger partial charge in [0, 0.05) is 30.1 Å². The molecule has 3 heterocycles. The minimum Gasteiger partial charge on any atom is -0.492 e. The second-order valence-corrected chi connectivity index (χ2v) is 5.89. The quantitative estimate of drug-likeness (QED) is 0.596. The minimum absolute atomic E-state index is 0. The Morgan fingerprint density at radius 2 is 1.93 bits per heavy atom. The Kier molecular flexibility index (Phi) is 6.60. The average molecular weight is 404 g/mol. The predicted molar refractivity (Wildman–Crippen MR) is 114 cm³/mol. The monoisotopic (exact) mass is 403 g/mol. The van der Waals surface area contributed by atoms with Crippen molar-refractivity contribution in [3.05, 3.63) is 65.0 Å². The van der Waals surface area contributed by atoms with Crippen molar-refractivity contribution in [1.29, 1.82) is 0 Å². The van der Waals surface area contributed by atoms with E-state index in [1.54, 1.807) is 12.4 Å². The number of aromatic amines is 1. The number of nitrogens with one attached hydrogen (secondary N) is 2. The number of pyridine rings is 1. The first-order valence-corrected chi connectivity index (χ1v) is 7.98. The summed E-state index contributed by atoms with van der Waals surface area (Å²) in [4.78, 5) is 15.7. The number of aryl methyl sites for hydroxylation is 1. The third-order valence-electron chi connectivity index (χ3n) is 4.02. The molecule has 0 atom stereocenters. The van der Waals surface area contributed by atoms with Crippen molar-refractivity contribution in [1.82, 2.24) is 15.0 Å². The van der Waals surface area contributed by atoms with Crippen LogP contribution >= 0.6 is 24.8 Å². The Labute approximate surface area is 169 Å². The summed E-state index contributed by atoms with van der Waals surface area (Å²) >= 11 is 0. The van der Waals surface area contributed by atoms with Crippen LogP contribution in [0, 0.1) is 6.92 Å². The van der Waals surface area contributed by atoms with Gasteiger partial charge in [0.15, 0.2) is 5.82 Å². The van der Waals surface area contributed by atoms with Crippen LogP contribution in [0.4, 0.5) is 11.8 Å². The topological polar surface area (TPSA) is 86.2 Å². The summed E-state index contributed by atoms with van der Waals surface area (Å²) in [6, 6.07) is 12.1. The molecule has 0 amide bonds. The number of fused-ring (bicyclic) bond motifs is 1. The highest BCUT2D eigenvalue weighted by molar-refractivity contribution is 6.20. The molecule has 6 nitrogen and oxygen atoms in total. The molecule has 0 spiro atoms. The third kappa shape index (κ3) is 4.48. The van der Waals surface area contributed by atoms with Gasteiger partial charge in [0.05, 0.1) is 0 Å². The van der Waals surface area contributed by atoms with Gasteiger partial charge in [-0.25, -0.2) is 9.98 Å². The van der Waals surface area contributed by atoms with Crippen LogP contribution in [0.15, 0.2) is 47.6 Å². The van der Waals surface area contributed by atoms with Gasteiger partial charge in [-0.05, 0) is 30.7 Å². The van der Waals surface area contributed by atoms with Crippen molar-refractivity contribution in [3.63, 3.8) is 0 Å². The van der Waals surface area contributed by atoms with Gasteiger partial charge < -0.3 is 15.4 Å². The van der Waals surface area contributed by atoms with E-state index in [0.717, 1.165) is 16.7 Å². The Hall–Kier alpha value is -2.83. The number of aromatic hydroxyl groups is 1. The maximum absolute atomic E-state index is 10.1. The van der Waals surface area contributed by atoms with Crippen LogP contribution in [0.3, 0.4) is 0 Å². The molecule has 0 aliphatic carbocycles. The molecule has 3 N–H and O–H groups in total. The molecule has 0 bridgehead atoms. The molecule has 3 aromatic rings. The molecule has 0 saturated heterocycles. The highest BCUT2D eigenvalue weighted by Crippen LogP contribution is 2.31. The molecule has 2 aromatic heterocycles. The summed E-state index contributed by atoms with van der Waals surface area (Å²) in [6.07, 6.45) is 5.26. The van der Waals surface area contributed by atoms with E-state index < -0.39 is 0 Å². The van der Waals surface area contributed by atoms with Crippen molar-refractivity contribution in [2.75, 3.05) is 5.32 Å².